The molecular formula is C14H31IN4O2. The van der Waals surface area contributed by atoms with Crippen molar-refractivity contribution in [2.75, 3.05) is 26.2 Å². The maximum Gasteiger partial charge on any atom is 0.407 e. The molecule has 0 aromatic carbocycles. The molecule has 0 saturated carbocycles. The third kappa shape index (κ3) is 15.5. The normalized spacial score (nSPS) is 11.4. The summed E-state index contributed by atoms with van der Waals surface area (Å²) >= 11 is 0. The first-order valence-corrected chi connectivity index (χ1v) is 7.38. The van der Waals surface area contributed by atoms with E-state index in [2.05, 4.69) is 27.9 Å². The van der Waals surface area contributed by atoms with Gasteiger partial charge in [0.15, 0.2) is 5.96 Å². The van der Waals surface area contributed by atoms with Crippen molar-refractivity contribution in [1.29, 1.82) is 0 Å². The SMILES string of the molecule is CCCN=C(NCC)NCCCNC(=O)OC(C)(C)C.I. The quantitative estimate of drug-likeness (QED) is 0.259. The minimum atomic E-state index is -0.451. The van der Waals surface area contributed by atoms with E-state index in [9.17, 15) is 4.79 Å². The molecule has 0 bridgehead atoms. The minimum Gasteiger partial charge on any atom is -0.444 e. The Morgan fingerprint density at radius 3 is 2.24 bits per heavy atom. The van der Waals surface area contributed by atoms with Crippen molar-refractivity contribution in [3.63, 3.8) is 0 Å². The van der Waals surface area contributed by atoms with Crippen LogP contribution in [0.25, 0.3) is 0 Å². The average Bonchev–Trinajstić information content (AvgIpc) is 2.33. The Balaban J connectivity index is 0. The smallest absolute Gasteiger partial charge is 0.407 e. The predicted octanol–water partition coefficient (Wildman–Crippen LogP) is 2.48. The van der Waals surface area contributed by atoms with E-state index in [1.807, 2.05) is 27.7 Å². The van der Waals surface area contributed by atoms with E-state index in [1.165, 1.54) is 0 Å². The number of rotatable bonds is 7. The van der Waals surface area contributed by atoms with Crippen LogP contribution in [0, 0.1) is 0 Å². The van der Waals surface area contributed by atoms with Crippen molar-refractivity contribution in [1.82, 2.24) is 16.0 Å². The van der Waals surface area contributed by atoms with Crippen LogP contribution in [-0.4, -0.2) is 43.8 Å². The van der Waals surface area contributed by atoms with Gasteiger partial charge in [-0.2, -0.15) is 0 Å². The summed E-state index contributed by atoms with van der Waals surface area (Å²) in [5, 5.41) is 9.13. The molecule has 0 heterocycles. The summed E-state index contributed by atoms with van der Waals surface area (Å²) in [7, 11) is 0. The summed E-state index contributed by atoms with van der Waals surface area (Å²) in [6.45, 7) is 12.7. The van der Waals surface area contributed by atoms with Gasteiger partial charge in [0.2, 0.25) is 0 Å². The number of carbonyl (C=O) groups excluding carboxylic acids is 1. The monoisotopic (exact) mass is 414 g/mol. The highest BCUT2D eigenvalue weighted by Gasteiger charge is 2.15. The standard InChI is InChI=1S/C14H30N4O2.HI/c1-6-9-16-12(15-7-2)17-10-8-11-18-13(19)20-14(3,4)5;/h6-11H2,1-5H3,(H,18,19)(H2,15,16,17);1H. The van der Waals surface area contributed by atoms with E-state index in [0.29, 0.717) is 6.54 Å². The molecule has 0 fully saturated rings. The van der Waals surface area contributed by atoms with E-state index in [4.69, 9.17) is 4.74 Å². The molecule has 0 aromatic rings. The van der Waals surface area contributed by atoms with Gasteiger partial charge in [-0.15, -0.1) is 24.0 Å². The summed E-state index contributed by atoms with van der Waals surface area (Å²) in [5.74, 6) is 0.826. The molecule has 0 aliphatic carbocycles. The van der Waals surface area contributed by atoms with Gasteiger partial charge < -0.3 is 20.7 Å². The van der Waals surface area contributed by atoms with Gasteiger partial charge in [0.05, 0.1) is 0 Å². The van der Waals surface area contributed by atoms with Crippen LogP contribution in [0.4, 0.5) is 4.79 Å². The molecule has 3 N–H and O–H groups in total. The highest BCUT2D eigenvalue weighted by atomic mass is 127. The molecule has 1 amide bonds. The van der Waals surface area contributed by atoms with Gasteiger partial charge in [-0.25, -0.2) is 4.79 Å². The zero-order valence-corrected chi connectivity index (χ0v) is 16.2. The Morgan fingerprint density at radius 1 is 1.10 bits per heavy atom. The molecule has 0 radical (unpaired) electrons. The summed E-state index contributed by atoms with van der Waals surface area (Å²) in [6, 6.07) is 0. The Morgan fingerprint density at radius 2 is 1.71 bits per heavy atom. The maximum atomic E-state index is 11.4. The van der Waals surface area contributed by atoms with E-state index >= 15 is 0 Å². The summed E-state index contributed by atoms with van der Waals surface area (Å²) < 4.78 is 5.15. The fourth-order valence-corrected chi connectivity index (χ4v) is 1.37. The van der Waals surface area contributed by atoms with Crippen molar-refractivity contribution < 1.29 is 9.53 Å². The first-order valence-electron chi connectivity index (χ1n) is 7.38. The Bertz CT molecular complexity index is 304. The van der Waals surface area contributed by atoms with Gasteiger partial charge in [0.25, 0.3) is 0 Å². The Hall–Kier alpha value is -0.730. The number of aliphatic imine (C=N–C) groups is 1. The zero-order chi connectivity index (χ0) is 15.4. The number of nitrogens with zero attached hydrogens (tertiary/aromatic N) is 1. The van der Waals surface area contributed by atoms with E-state index in [1.54, 1.807) is 0 Å². The van der Waals surface area contributed by atoms with Crippen LogP contribution in [0.15, 0.2) is 4.99 Å². The third-order valence-electron chi connectivity index (χ3n) is 2.15. The molecule has 0 spiro atoms. The van der Waals surface area contributed by atoms with E-state index in [0.717, 1.165) is 38.4 Å². The molecule has 21 heavy (non-hydrogen) atoms. The van der Waals surface area contributed by atoms with Crippen molar-refractivity contribution in [2.24, 2.45) is 4.99 Å². The summed E-state index contributed by atoms with van der Waals surface area (Å²) in [6.07, 6.45) is 1.47. The van der Waals surface area contributed by atoms with Crippen LogP contribution < -0.4 is 16.0 Å². The first kappa shape index (κ1) is 22.5. The van der Waals surface area contributed by atoms with Crippen LogP contribution in [0.3, 0.4) is 0 Å². The first-order chi connectivity index (χ1) is 9.39. The topological polar surface area (TPSA) is 74.8 Å². The lowest BCUT2D eigenvalue weighted by Crippen LogP contribution is -2.39. The number of guanidine groups is 1. The molecule has 0 unspecified atom stereocenters. The largest absolute Gasteiger partial charge is 0.444 e. The molecule has 0 saturated heterocycles. The van der Waals surface area contributed by atoms with Gasteiger partial charge in [-0.1, -0.05) is 6.92 Å². The number of halogens is 1. The highest BCUT2D eigenvalue weighted by molar-refractivity contribution is 14.0. The second-order valence-electron chi connectivity index (χ2n) is 5.47. The molecule has 6 nitrogen and oxygen atoms in total. The van der Waals surface area contributed by atoms with Crippen LogP contribution in [0.5, 0.6) is 0 Å². The van der Waals surface area contributed by atoms with Crippen molar-refractivity contribution in [2.45, 2.75) is 53.1 Å². The molecular weight excluding hydrogens is 383 g/mol. The summed E-state index contributed by atoms with van der Waals surface area (Å²) in [5.41, 5.74) is -0.451. The van der Waals surface area contributed by atoms with E-state index < -0.39 is 5.60 Å². The van der Waals surface area contributed by atoms with Crippen molar-refractivity contribution >= 4 is 36.0 Å². The minimum absolute atomic E-state index is 0. The van der Waals surface area contributed by atoms with Crippen molar-refractivity contribution in [3.05, 3.63) is 0 Å². The molecule has 0 aromatic heterocycles. The number of carbonyl (C=O) groups is 1. The van der Waals surface area contributed by atoms with Crippen LogP contribution in [-0.2, 0) is 4.74 Å². The fourth-order valence-electron chi connectivity index (χ4n) is 1.37. The fraction of sp³-hybridized carbons (Fsp3) is 0.857. The van der Waals surface area contributed by atoms with Gasteiger partial charge >= 0.3 is 6.09 Å². The Labute approximate surface area is 145 Å². The predicted molar refractivity (Wildman–Crippen MR) is 98.5 cm³/mol. The maximum absolute atomic E-state index is 11.4. The van der Waals surface area contributed by atoms with Gasteiger partial charge in [0.1, 0.15) is 5.60 Å². The third-order valence-corrected chi connectivity index (χ3v) is 2.15. The van der Waals surface area contributed by atoms with Gasteiger partial charge in [-0.3, -0.25) is 4.99 Å². The molecule has 0 atom stereocenters. The number of hydrogen-bond donors (Lipinski definition) is 3. The van der Waals surface area contributed by atoms with Crippen LogP contribution in [0.2, 0.25) is 0 Å². The van der Waals surface area contributed by atoms with Crippen molar-refractivity contribution in [3.8, 4) is 0 Å². The highest BCUT2D eigenvalue weighted by Crippen LogP contribution is 2.06. The Kier molecular flexibility index (Phi) is 13.9. The lowest BCUT2D eigenvalue weighted by atomic mass is 10.2. The number of nitrogens with one attached hydrogen (secondary N) is 3. The molecule has 0 aliphatic heterocycles. The number of alkyl carbamates (subject to hydrolysis) is 1. The zero-order valence-electron chi connectivity index (χ0n) is 13.9. The lowest BCUT2D eigenvalue weighted by Gasteiger charge is -2.19. The number of hydrogen-bond acceptors (Lipinski definition) is 3. The molecule has 126 valence electrons. The molecule has 0 rings (SSSR count). The summed E-state index contributed by atoms with van der Waals surface area (Å²) in [4.78, 5) is 15.8. The van der Waals surface area contributed by atoms with Crippen LogP contribution >= 0.6 is 24.0 Å². The number of ether oxygens (including phenoxy) is 1. The van der Waals surface area contributed by atoms with Gasteiger partial charge in [0, 0.05) is 26.2 Å². The van der Waals surface area contributed by atoms with Gasteiger partial charge in [-0.05, 0) is 40.5 Å². The lowest BCUT2D eigenvalue weighted by molar-refractivity contribution is 0.0527. The second-order valence-corrected chi connectivity index (χ2v) is 5.47. The molecule has 7 heteroatoms. The number of amides is 1. The van der Waals surface area contributed by atoms with E-state index in [-0.39, 0.29) is 30.1 Å². The molecule has 0 aliphatic rings. The average molecular weight is 414 g/mol. The van der Waals surface area contributed by atoms with Crippen LogP contribution in [0.1, 0.15) is 47.5 Å². The second kappa shape index (κ2) is 13.0.